The van der Waals surface area contributed by atoms with E-state index in [1.165, 1.54) is 0 Å². The van der Waals surface area contributed by atoms with Gasteiger partial charge in [0.1, 0.15) is 0 Å². The van der Waals surface area contributed by atoms with Crippen LogP contribution in [-0.2, 0) is 5.54 Å². The minimum atomic E-state index is -0.786. The molecule has 1 aromatic carbocycles. The second kappa shape index (κ2) is 5.83. The lowest BCUT2D eigenvalue weighted by Gasteiger charge is -2.35. The fourth-order valence-electron chi connectivity index (χ4n) is 1.63. The second-order valence-electron chi connectivity index (χ2n) is 5.72. The average molecular weight is 251 g/mol. The van der Waals surface area contributed by atoms with Crippen molar-refractivity contribution in [1.29, 1.82) is 0 Å². The van der Waals surface area contributed by atoms with E-state index in [-0.39, 0.29) is 12.5 Å². The molecule has 2 unspecified atom stereocenters. The van der Waals surface area contributed by atoms with Gasteiger partial charge < -0.3 is 15.5 Å². The van der Waals surface area contributed by atoms with Crippen molar-refractivity contribution in [3.05, 3.63) is 35.9 Å². The minimum absolute atomic E-state index is 0.00874. The van der Waals surface area contributed by atoms with Crippen molar-refractivity contribution in [3.63, 3.8) is 0 Å². The molecule has 0 radical (unpaired) electrons. The molecule has 0 aliphatic rings. The summed E-state index contributed by atoms with van der Waals surface area (Å²) < 4.78 is 0. The van der Waals surface area contributed by atoms with Crippen molar-refractivity contribution in [2.24, 2.45) is 5.92 Å². The van der Waals surface area contributed by atoms with Gasteiger partial charge >= 0.3 is 0 Å². The van der Waals surface area contributed by atoms with E-state index in [4.69, 9.17) is 0 Å². The molecule has 0 amide bonds. The Morgan fingerprint density at radius 3 is 2.17 bits per heavy atom. The predicted octanol–water partition coefficient (Wildman–Crippen LogP) is 1.89. The Hall–Kier alpha value is -0.900. The molecule has 0 saturated heterocycles. The van der Waals surface area contributed by atoms with Crippen LogP contribution in [0.1, 0.15) is 33.3 Å². The van der Waals surface area contributed by atoms with Crippen LogP contribution < -0.4 is 5.32 Å². The molecule has 0 fully saturated rings. The third kappa shape index (κ3) is 3.55. The average Bonchev–Trinajstić information content (AvgIpc) is 2.37. The Kier molecular flexibility index (Phi) is 4.91. The number of benzene rings is 1. The number of hydrogen-bond acceptors (Lipinski definition) is 3. The molecule has 102 valence electrons. The first-order valence-electron chi connectivity index (χ1n) is 6.45. The van der Waals surface area contributed by atoms with Gasteiger partial charge in [0.05, 0.1) is 17.7 Å². The number of aliphatic hydroxyl groups excluding tert-OH is 1. The van der Waals surface area contributed by atoms with Crippen molar-refractivity contribution in [3.8, 4) is 0 Å². The Labute approximate surface area is 110 Å². The highest BCUT2D eigenvalue weighted by Gasteiger charge is 2.31. The van der Waals surface area contributed by atoms with E-state index in [9.17, 15) is 10.2 Å². The number of rotatable bonds is 6. The van der Waals surface area contributed by atoms with Crippen LogP contribution in [0.15, 0.2) is 30.3 Å². The number of aliphatic hydroxyl groups is 2. The summed E-state index contributed by atoms with van der Waals surface area (Å²) in [5, 5.41) is 23.2. The van der Waals surface area contributed by atoms with Crippen molar-refractivity contribution in [1.82, 2.24) is 5.32 Å². The van der Waals surface area contributed by atoms with E-state index < -0.39 is 11.1 Å². The highest BCUT2D eigenvalue weighted by Crippen LogP contribution is 2.22. The molecule has 1 rings (SSSR count). The zero-order valence-corrected chi connectivity index (χ0v) is 11.8. The fourth-order valence-corrected chi connectivity index (χ4v) is 1.63. The molecule has 2 atom stereocenters. The van der Waals surface area contributed by atoms with Crippen molar-refractivity contribution in [2.75, 3.05) is 13.2 Å². The molecular formula is C15H25NO2. The Balaban J connectivity index is 2.79. The van der Waals surface area contributed by atoms with Gasteiger partial charge in [-0.05, 0) is 25.3 Å². The summed E-state index contributed by atoms with van der Waals surface area (Å²) in [5.74, 6) is 0.156. The van der Waals surface area contributed by atoms with E-state index in [0.29, 0.717) is 6.54 Å². The second-order valence-corrected chi connectivity index (χ2v) is 5.72. The van der Waals surface area contributed by atoms with E-state index in [0.717, 1.165) is 5.56 Å². The van der Waals surface area contributed by atoms with E-state index >= 15 is 0 Å². The van der Waals surface area contributed by atoms with Gasteiger partial charge in [-0.3, -0.25) is 0 Å². The molecule has 3 nitrogen and oxygen atoms in total. The standard InChI is InChI=1S/C15H25NO2/c1-12(2)15(4,18)10-16-14(3,11-17)13-8-6-5-7-9-13/h5-9,12,16-18H,10-11H2,1-4H3. The highest BCUT2D eigenvalue weighted by molar-refractivity contribution is 5.23. The molecule has 0 spiro atoms. The number of nitrogens with one attached hydrogen (secondary N) is 1. The Morgan fingerprint density at radius 2 is 1.72 bits per heavy atom. The van der Waals surface area contributed by atoms with Crippen LogP contribution >= 0.6 is 0 Å². The first-order chi connectivity index (χ1) is 8.32. The topological polar surface area (TPSA) is 52.5 Å². The number of hydrogen-bond donors (Lipinski definition) is 3. The summed E-state index contributed by atoms with van der Waals surface area (Å²) in [6.07, 6.45) is 0. The monoisotopic (exact) mass is 251 g/mol. The molecule has 0 saturated carbocycles. The molecule has 0 aromatic heterocycles. The van der Waals surface area contributed by atoms with Crippen LogP contribution in [0.25, 0.3) is 0 Å². The van der Waals surface area contributed by atoms with E-state index in [1.54, 1.807) is 0 Å². The fraction of sp³-hybridized carbons (Fsp3) is 0.600. The first kappa shape index (κ1) is 15.2. The van der Waals surface area contributed by atoms with Gasteiger partial charge in [-0.25, -0.2) is 0 Å². The highest BCUT2D eigenvalue weighted by atomic mass is 16.3. The first-order valence-corrected chi connectivity index (χ1v) is 6.45. The molecule has 0 heterocycles. The summed E-state index contributed by atoms with van der Waals surface area (Å²) >= 11 is 0. The summed E-state index contributed by atoms with van der Waals surface area (Å²) in [7, 11) is 0. The van der Waals surface area contributed by atoms with Gasteiger partial charge in [0.25, 0.3) is 0 Å². The lowest BCUT2D eigenvalue weighted by Crippen LogP contribution is -2.51. The molecule has 3 heteroatoms. The maximum absolute atomic E-state index is 10.3. The van der Waals surface area contributed by atoms with Crippen LogP contribution in [0, 0.1) is 5.92 Å². The lowest BCUT2D eigenvalue weighted by molar-refractivity contribution is 0.00315. The molecule has 18 heavy (non-hydrogen) atoms. The smallest absolute Gasteiger partial charge is 0.0766 e. The molecule has 0 bridgehead atoms. The SMILES string of the molecule is CC(C)C(C)(O)CNC(C)(CO)c1ccccc1. The van der Waals surface area contributed by atoms with Crippen LogP contribution in [0.5, 0.6) is 0 Å². The zero-order chi connectivity index (χ0) is 13.8. The summed E-state index contributed by atoms with van der Waals surface area (Å²) in [4.78, 5) is 0. The molecular weight excluding hydrogens is 226 g/mol. The largest absolute Gasteiger partial charge is 0.394 e. The summed E-state index contributed by atoms with van der Waals surface area (Å²) in [6, 6.07) is 9.81. The van der Waals surface area contributed by atoms with Crippen LogP contribution in [0.2, 0.25) is 0 Å². The van der Waals surface area contributed by atoms with Crippen molar-refractivity contribution < 1.29 is 10.2 Å². The van der Waals surface area contributed by atoms with Gasteiger partial charge in [-0.1, -0.05) is 44.2 Å². The minimum Gasteiger partial charge on any atom is -0.394 e. The molecule has 0 aliphatic heterocycles. The van der Waals surface area contributed by atoms with Gasteiger partial charge in [-0.15, -0.1) is 0 Å². The summed E-state index contributed by atoms with van der Waals surface area (Å²) in [5.41, 5.74) is -0.294. The van der Waals surface area contributed by atoms with Crippen molar-refractivity contribution in [2.45, 2.75) is 38.8 Å². The molecule has 3 N–H and O–H groups in total. The molecule has 1 aromatic rings. The Morgan fingerprint density at radius 1 is 1.17 bits per heavy atom. The van der Waals surface area contributed by atoms with Crippen molar-refractivity contribution >= 4 is 0 Å². The van der Waals surface area contributed by atoms with Gasteiger partial charge in [0.2, 0.25) is 0 Å². The van der Waals surface area contributed by atoms with Crippen LogP contribution in [0.4, 0.5) is 0 Å². The van der Waals surface area contributed by atoms with Gasteiger partial charge in [-0.2, -0.15) is 0 Å². The van der Waals surface area contributed by atoms with Gasteiger partial charge in [0.15, 0.2) is 0 Å². The Bertz CT molecular complexity index is 362. The lowest BCUT2D eigenvalue weighted by atomic mass is 9.88. The van der Waals surface area contributed by atoms with Crippen LogP contribution in [-0.4, -0.2) is 29.0 Å². The third-order valence-electron chi connectivity index (χ3n) is 3.81. The molecule has 0 aliphatic carbocycles. The van der Waals surface area contributed by atoms with Crippen LogP contribution in [0.3, 0.4) is 0 Å². The third-order valence-corrected chi connectivity index (χ3v) is 3.81. The maximum atomic E-state index is 10.3. The van der Waals surface area contributed by atoms with E-state index in [2.05, 4.69) is 5.32 Å². The quantitative estimate of drug-likeness (QED) is 0.723. The summed E-state index contributed by atoms with van der Waals surface area (Å²) in [6.45, 7) is 8.16. The van der Waals surface area contributed by atoms with E-state index in [1.807, 2.05) is 58.0 Å². The predicted molar refractivity (Wildman–Crippen MR) is 74.3 cm³/mol. The zero-order valence-electron chi connectivity index (χ0n) is 11.8. The van der Waals surface area contributed by atoms with Gasteiger partial charge in [0, 0.05) is 6.54 Å². The normalized spacial score (nSPS) is 18.4. The maximum Gasteiger partial charge on any atom is 0.0766 e.